The fourth-order valence-corrected chi connectivity index (χ4v) is 4.61. The van der Waals surface area contributed by atoms with Crippen LogP contribution in [0.5, 0.6) is 0 Å². The van der Waals surface area contributed by atoms with Gasteiger partial charge in [-0.3, -0.25) is 4.90 Å². The van der Waals surface area contributed by atoms with Crippen LogP contribution in [0.15, 0.2) is 0 Å². The molecule has 1 N–H and O–H groups in total. The van der Waals surface area contributed by atoms with Crippen molar-refractivity contribution in [3.8, 4) is 0 Å². The number of alkyl halides is 2. The zero-order valence-electron chi connectivity index (χ0n) is 11.6. The van der Waals surface area contributed by atoms with Crippen molar-refractivity contribution >= 4 is 0 Å². The Hall–Kier alpha value is -0.220. The Morgan fingerprint density at radius 3 is 2.21 bits per heavy atom. The van der Waals surface area contributed by atoms with Crippen molar-refractivity contribution in [2.24, 2.45) is 5.41 Å². The number of aliphatic hydroxyl groups excluding tert-OH is 1. The monoisotopic (exact) mass is 273 g/mol. The quantitative estimate of drug-likeness (QED) is 0.793. The van der Waals surface area contributed by atoms with E-state index in [1.165, 1.54) is 25.7 Å². The van der Waals surface area contributed by atoms with Gasteiger partial charge in [0.1, 0.15) is 0 Å². The molecule has 2 saturated carbocycles. The van der Waals surface area contributed by atoms with Crippen LogP contribution in [0.3, 0.4) is 0 Å². The fraction of sp³-hybridized carbons (Fsp3) is 1.00. The van der Waals surface area contributed by atoms with Gasteiger partial charge in [0.05, 0.1) is 6.10 Å². The molecule has 1 aliphatic heterocycles. The first-order chi connectivity index (χ1) is 9.01. The van der Waals surface area contributed by atoms with E-state index < -0.39 is 5.92 Å². The molecule has 3 aliphatic rings. The number of piperidine rings is 1. The van der Waals surface area contributed by atoms with Gasteiger partial charge in [-0.05, 0) is 37.5 Å². The van der Waals surface area contributed by atoms with Gasteiger partial charge in [0.15, 0.2) is 0 Å². The van der Waals surface area contributed by atoms with Gasteiger partial charge in [-0.15, -0.1) is 0 Å². The van der Waals surface area contributed by atoms with Crippen LogP contribution in [0, 0.1) is 5.41 Å². The zero-order chi connectivity index (χ0) is 13.5. The summed E-state index contributed by atoms with van der Waals surface area (Å²) in [6, 6.07) is 0.342. The standard InChI is InChI=1S/C15H25F2NO/c16-15(17)7-9-18(10-8-15)13-11-12(19)3-6-14(13)4-1-2-5-14/h12-13,19H,1-11H2. The third-order valence-corrected chi connectivity index (χ3v) is 5.75. The molecule has 0 radical (unpaired) electrons. The summed E-state index contributed by atoms with van der Waals surface area (Å²) in [4.78, 5) is 2.27. The van der Waals surface area contributed by atoms with Crippen molar-refractivity contribution in [2.45, 2.75) is 75.9 Å². The summed E-state index contributed by atoms with van der Waals surface area (Å²) < 4.78 is 26.6. The molecule has 0 bridgehead atoms. The topological polar surface area (TPSA) is 23.5 Å². The average Bonchev–Trinajstić information content (AvgIpc) is 2.83. The number of likely N-dealkylation sites (tertiary alicyclic amines) is 1. The van der Waals surface area contributed by atoms with Crippen LogP contribution in [0.25, 0.3) is 0 Å². The summed E-state index contributed by atoms with van der Waals surface area (Å²) in [7, 11) is 0. The number of hydrogen-bond acceptors (Lipinski definition) is 2. The molecule has 0 aromatic heterocycles. The summed E-state index contributed by atoms with van der Waals surface area (Å²) in [5.41, 5.74) is 0.325. The van der Waals surface area contributed by atoms with Crippen LogP contribution in [0.4, 0.5) is 8.78 Å². The second kappa shape index (κ2) is 4.96. The first kappa shape index (κ1) is 13.7. The highest BCUT2D eigenvalue weighted by atomic mass is 19.3. The van der Waals surface area contributed by atoms with Crippen LogP contribution in [-0.4, -0.2) is 41.2 Å². The third kappa shape index (κ3) is 2.66. The van der Waals surface area contributed by atoms with Gasteiger partial charge >= 0.3 is 0 Å². The van der Waals surface area contributed by atoms with Crippen LogP contribution in [-0.2, 0) is 0 Å². The molecule has 0 amide bonds. The molecule has 2 unspecified atom stereocenters. The lowest BCUT2D eigenvalue weighted by Gasteiger charge is -2.50. The second-order valence-corrected chi connectivity index (χ2v) is 6.91. The third-order valence-electron chi connectivity index (χ3n) is 5.75. The van der Waals surface area contributed by atoms with Crippen molar-refractivity contribution in [1.82, 2.24) is 4.90 Å². The molecular weight excluding hydrogens is 248 g/mol. The molecule has 2 aliphatic carbocycles. The molecule has 4 heteroatoms. The molecule has 2 atom stereocenters. The van der Waals surface area contributed by atoms with Gasteiger partial charge < -0.3 is 5.11 Å². The molecule has 2 nitrogen and oxygen atoms in total. The van der Waals surface area contributed by atoms with E-state index in [0.29, 0.717) is 24.5 Å². The normalized spacial score (nSPS) is 38.7. The molecule has 1 saturated heterocycles. The van der Waals surface area contributed by atoms with Crippen LogP contribution in [0.2, 0.25) is 0 Å². The maximum absolute atomic E-state index is 13.3. The van der Waals surface area contributed by atoms with Crippen molar-refractivity contribution in [3.05, 3.63) is 0 Å². The number of aliphatic hydroxyl groups is 1. The minimum absolute atomic E-state index is 0.00429. The zero-order valence-corrected chi connectivity index (χ0v) is 11.6. The largest absolute Gasteiger partial charge is 0.393 e. The molecular formula is C15H25F2NO. The average molecular weight is 273 g/mol. The van der Waals surface area contributed by atoms with E-state index in [2.05, 4.69) is 4.90 Å². The van der Waals surface area contributed by atoms with E-state index in [0.717, 1.165) is 19.3 Å². The number of hydrogen-bond donors (Lipinski definition) is 1. The lowest BCUT2D eigenvalue weighted by Crippen LogP contribution is -2.55. The van der Waals surface area contributed by atoms with Gasteiger partial charge in [-0.2, -0.15) is 0 Å². The highest BCUT2D eigenvalue weighted by Crippen LogP contribution is 2.51. The van der Waals surface area contributed by atoms with E-state index >= 15 is 0 Å². The molecule has 1 heterocycles. The molecule has 1 spiro atoms. The fourth-order valence-electron chi connectivity index (χ4n) is 4.61. The van der Waals surface area contributed by atoms with Crippen molar-refractivity contribution < 1.29 is 13.9 Å². The van der Waals surface area contributed by atoms with E-state index in [-0.39, 0.29) is 18.9 Å². The summed E-state index contributed by atoms with van der Waals surface area (Å²) in [6.45, 7) is 1.01. The Kier molecular flexibility index (Phi) is 3.59. The maximum atomic E-state index is 13.3. The van der Waals surface area contributed by atoms with Crippen molar-refractivity contribution in [2.75, 3.05) is 13.1 Å². The minimum Gasteiger partial charge on any atom is -0.393 e. The highest BCUT2D eigenvalue weighted by Gasteiger charge is 2.48. The first-order valence-electron chi connectivity index (χ1n) is 7.81. The Balaban J connectivity index is 1.73. The van der Waals surface area contributed by atoms with Gasteiger partial charge in [0.2, 0.25) is 0 Å². The Bertz CT molecular complexity index is 318. The Labute approximate surface area is 114 Å². The Morgan fingerprint density at radius 1 is 0.947 bits per heavy atom. The predicted octanol–water partition coefficient (Wildman–Crippen LogP) is 3.19. The summed E-state index contributed by atoms with van der Waals surface area (Å²) in [6.07, 6.45) is 7.57. The Morgan fingerprint density at radius 2 is 1.58 bits per heavy atom. The maximum Gasteiger partial charge on any atom is 0.250 e. The molecule has 3 fully saturated rings. The molecule has 0 aromatic rings. The minimum atomic E-state index is -2.47. The van der Waals surface area contributed by atoms with Crippen LogP contribution in [0.1, 0.15) is 57.8 Å². The van der Waals surface area contributed by atoms with Gasteiger partial charge in [0, 0.05) is 32.0 Å². The highest BCUT2D eigenvalue weighted by molar-refractivity contribution is 5.01. The summed E-state index contributed by atoms with van der Waals surface area (Å²) in [5.74, 6) is -2.47. The molecule has 0 aromatic carbocycles. The van der Waals surface area contributed by atoms with E-state index in [1.807, 2.05) is 0 Å². The lowest BCUT2D eigenvalue weighted by atomic mass is 9.67. The summed E-state index contributed by atoms with van der Waals surface area (Å²) in [5, 5.41) is 9.98. The first-order valence-corrected chi connectivity index (χ1v) is 7.81. The van der Waals surface area contributed by atoms with Crippen LogP contribution < -0.4 is 0 Å². The smallest absolute Gasteiger partial charge is 0.250 e. The number of rotatable bonds is 1. The molecule has 110 valence electrons. The SMILES string of the molecule is OC1CCC2(CCCC2)C(N2CCC(F)(F)CC2)C1. The van der Waals surface area contributed by atoms with E-state index in [4.69, 9.17) is 0 Å². The van der Waals surface area contributed by atoms with E-state index in [9.17, 15) is 13.9 Å². The second-order valence-electron chi connectivity index (χ2n) is 6.91. The van der Waals surface area contributed by atoms with Gasteiger partial charge in [-0.1, -0.05) is 12.8 Å². The van der Waals surface area contributed by atoms with Crippen LogP contribution >= 0.6 is 0 Å². The molecule has 19 heavy (non-hydrogen) atoms. The van der Waals surface area contributed by atoms with E-state index in [1.54, 1.807) is 0 Å². The predicted molar refractivity (Wildman–Crippen MR) is 70.3 cm³/mol. The van der Waals surface area contributed by atoms with Gasteiger partial charge in [0.25, 0.3) is 5.92 Å². The summed E-state index contributed by atoms with van der Waals surface area (Å²) >= 11 is 0. The van der Waals surface area contributed by atoms with Crippen molar-refractivity contribution in [3.63, 3.8) is 0 Å². The molecule has 3 rings (SSSR count). The van der Waals surface area contributed by atoms with Gasteiger partial charge in [-0.25, -0.2) is 8.78 Å². The number of nitrogens with zero attached hydrogens (tertiary/aromatic N) is 1. The lowest BCUT2D eigenvalue weighted by molar-refractivity contribution is -0.0940. The number of halogens is 2. The van der Waals surface area contributed by atoms with Crippen molar-refractivity contribution in [1.29, 1.82) is 0 Å².